The van der Waals surface area contributed by atoms with E-state index in [-0.39, 0.29) is 5.82 Å². The number of anilines is 1. The average Bonchev–Trinajstić information content (AvgIpc) is 2.49. The van der Waals surface area contributed by atoms with E-state index in [1.165, 1.54) is 30.5 Å². The van der Waals surface area contributed by atoms with Crippen molar-refractivity contribution >= 4 is 39.6 Å². The molecule has 0 atom stereocenters. The number of carbonyl (C=O) groups is 2. The van der Waals surface area contributed by atoms with Crippen molar-refractivity contribution in [2.75, 3.05) is 5.32 Å². The summed E-state index contributed by atoms with van der Waals surface area (Å²) in [6.45, 7) is 0. The maximum Gasteiger partial charge on any atom is 0.329 e. The Hall–Kier alpha value is -2.54. The smallest absolute Gasteiger partial charge is 0.318 e. The predicted molar refractivity (Wildman–Crippen MR) is 84.9 cm³/mol. The second-order valence-electron chi connectivity index (χ2n) is 4.22. The van der Waals surface area contributed by atoms with E-state index in [1.54, 1.807) is 24.3 Å². The molecule has 0 aliphatic rings. The van der Waals surface area contributed by atoms with Gasteiger partial charge in [0.05, 0.1) is 6.21 Å². The van der Waals surface area contributed by atoms with E-state index in [9.17, 15) is 14.0 Å². The first kappa shape index (κ1) is 15.8. The van der Waals surface area contributed by atoms with Crippen LogP contribution < -0.4 is 10.7 Å². The molecule has 0 heterocycles. The minimum atomic E-state index is -0.904. The molecule has 0 aliphatic heterocycles. The quantitative estimate of drug-likeness (QED) is 0.500. The van der Waals surface area contributed by atoms with Crippen LogP contribution >= 0.6 is 15.9 Å². The largest absolute Gasteiger partial charge is 0.329 e. The van der Waals surface area contributed by atoms with Gasteiger partial charge in [-0.25, -0.2) is 9.82 Å². The molecule has 22 heavy (non-hydrogen) atoms. The van der Waals surface area contributed by atoms with E-state index in [4.69, 9.17) is 0 Å². The van der Waals surface area contributed by atoms with Gasteiger partial charge in [-0.3, -0.25) is 9.59 Å². The number of benzene rings is 2. The van der Waals surface area contributed by atoms with Gasteiger partial charge in [-0.05, 0) is 35.9 Å². The number of carbonyl (C=O) groups excluding carboxylic acids is 2. The van der Waals surface area contributed by atoms with E-state index in [1.807, 2.05) is 0 Å². The number of nitrogens with one attached hydrogen (secondary N) is 2. The van der Waals surface area contributed by atoms with Gasteiger partial charge in [0.1, 0.15) is 5.82 Å². The fourth-order valence-electron chi connectivity index (χ4n) is 1.52. The van der Waals surface area contributed by atoms with Gasteiger partial charge in [0.15, 0.2) is 0 Å². The van der Waals surface area contributed by atoms with Gasteiger partial charge in [0.2, 0.25) is 0 Å². The maximum atomic E-state index is 12.7. The van der Waals surface area contributed by atoms with Gasteiger partial charge in [-0.15, -0.1) is 0 Å². The van der Waals surface area contributed by atoms with Crippen LogP contribution in [0.2, 0.25) is 0 Å². The van der Waals surface area contributed by atoms with Crippen molar-refractivity contribution in [2.45, 2.75) is 0 Å². The Balaban J connectivity index is 1.89. The Labute approximate surface area is 134 Å². The van der Waals surface area contributed by atoms with Crippen LogP contribution in [-0.2, 0) is 9.59 Å². The summed E-state index contributed by atoms with van der Waals surface area (Å²) in [5.41, 5.74) is 3.17. The molecular weight excluding hydrogens is 353 g/mol. The van der Waals surface area contributed by atoms with Crippen molar-refractivity contribution in [2.24, 2.45) is 5.10 Å². The molecule has 0 saturated carbocycles. The fraction of sp³-hybridized carbons (Fsp3) is 0. The molecule has 7 heteroatoms. The van der Waals surface area contributed by atoms with Crippen LogP contribution in [0.25, 0.3) is 0 Å². The molecule has 0 spiro atoms. The summed E-state index contributed by atoms with van der Waals surface area (Å²) < 4.78 is 13.5. The SMILES string of the molecule is O=C(N/N=C\c1ccc(F)cc1)C(=O)Nc1cccc(Br)c1. The third kappa shape index (κ3) is 4.78. The van der Waals surface area contributed by atoms with E-state index in [2.05, 4.69) is 31.8 Å². The highest BCUT2D eigenvalue weighted by Gasteiger charge is 2.12. The van der Waals surface area contributed by atoms with Gasteiger partial charge >= 0.3 is 11.8 Å². The van der Waals surface area contributed by atoms with E-state index < -0.39 is 11.8 Å². The summed E-state index contributed by atoms with van der Waals surface area (Å²) >= 11 is 3.26. The first-order chi connectivity index (χ1) is 10.5. The van der Waals surface area contributed by atoms with Crippen LogP contribution in [0.4, 0.5) is 10.1 Å². The molecule has 2 amide bonds. The Kier molecular flexibility index (Phi) is 5.37. The topological polar surface area (TPSA) is 70.6 Å². The molecule has 5 nitrogen and oxygen atoms in total. The van der Waals surface area contributed by atoms with Gasteiger partial charge in [0.25, 0.3) is 0 Å². The second-order valence-corrected chi connectivity index (χ2v) is 5.13. The zero-order valence-corrected chi connectivity index (χ0v) is 12.8. The first-order valence-corrected chi connectivity index (χ1v) is 6.99. The van der Waals surface area contributed by atoms with Crippen LogP contribution in [0, 0.1) is 5.82 Å². The molecular formula is C15H11BrFN3O2. The monoisotopic (exact) mass is 363 g/mol. The Morgan fingerprint density at radius 1 is 1.09 bits per heavy atom. The van der Waals surface area contributed by atoms with Gasteiger partial charge in [-0.2, -0.15) is 5.10 Å². The summed E-state index contributed by atoms with van der Waals surface area (Å²) in [5, 5.41) is 6.07. The lowest BCUT2D eigenvalue weighted by Gasteiger charge is -2.04. The molecule has 112 valence electrons. The fourth-order valence-corrected chi connectivity index (χ4v) is 1.92. The molecule has 0 fully saturated rings. The Bertz CT molecular complexity index is 717. The number of amides is 2. The minimum Gasteiger partial charge on any atom is -0.318 e. The molecule has 0 aliphatic carbocycles. The normalized spacial score (nSPS) is 10.5. The van der Waals surface area contributed by atoms with Crippen LogP contribution in [0.1, 0.15) is 5.56 Å². The number of hydrogen-bond acceptors (Lipinski definition) is 3. The van der Waals surface area contributed by atoms with Gasteiger partial charge < -0.3 is 5.32 Å². The molecule has 0 unspecified atom stereocenters. The summed E-state index contributed by atoms with van der Waals surface area (Å²) in [4.78, 5) is 23.2. The average molecular weight is 364 g/mol. The lowest BCUT2D eigenvalue weighted by atomic mass is 10.2. The van der Waals surface area contributed by atoms with E-state index in [0.29, 0.717) is 11.3 Å². The maximum absolute atomic E-state index is 12.7. The second kappa shape index (κ2) is 7.46. The summed E-state index contributed by atoms with van der Waals surface area (Å²) in [6, 6.07) is 12.4. The zero-order chi connectivity index (χ0) is 15.9. The third-order valence-corrected chi connectivity index (χ3v) is 3.03. The Morgan fingerprint density at radius 3 is 2.50 bits per heavy atom. The van der Waals surface area contributed by atoms with Crippen LogP contribution in [0.5, 0.6) is 0 Å². The van der Waals surface area contributed by atoms with Crippen molar-refractivity contribution in [1.29, 1.82) is 0 Å². The highest BCUT2D eigenvalue weighted by molar-refractivity contribution is 9.10. The lowest BCUT2D eigenvalue weighted by molar-refractivity contribution is -0.136. The van der Waals surface area contributed by atoms with Crippen molar-refractivity contribution in [3.8, 4) is 0 Å². The molecule has 0 saturated heterocycles. The third-order valence-electron chi connectivity index (χ3n) is 2.54. The van der Waals surface area contributed by atoms with E-state index in [0.717, 1.165) is 4.47 Å². The highest BCUT2D eigenvalue weighted by Crippen LogP contribution is 2.15. The van der Waals surface area contributed by atoms with Crippen LogP contribution in [0.15, 0.2) is 58.1 Å². The number of nitrogens with zero attached hydrogens (tertiary/aromatic N) is 1. The Morgan fingerprint density at radius 2 is 1.82 bits per heavy atom. The number of halogens is 2. The lowest BCUT2D eigenvalue weighted by Crippen LogP contribution is -2.32. The molecule has 2 N–H and O–H groups in total. The summed E-state index contributed by atoms with van der Waals surface area (Å²) in [6.07, 6.45) is 1.31. The van der Waals surface area contributed by atoms with Gasteiger partial charge in [-0.1, -0.05) is 34.1 Å². The van der Waals surface area contributed by atoms with Crippen LogP contribution in [0.3, 0.4) is 0 Å². The number of hydrazone groups is 1. The van der Waals surface area contributed by atoms with Crippen molar-refractivity contribution < 1.29 is 14.0 Å². The molecule has 0 bridgehead atoms. The summed E-state index contributed by atoms with van der Waals surface area (Å²) in [7, 11) is 0. The van der Waals surface area contributed by atoms with Crippen molar-refractivity contribution in [3.05, 3.63) is 64.4 Å². The molecule has 2 aromatic rings. The molecule has 0 aromatic heterocycles. The molecule has 2 aromatic carbocycles. The number of rotatable bonds is 3. The summed E-state index contributed by atoms with van der Waals surface area (Å²) in [5.74, 6) is -2.11. The highest BCUT2D eigenvalue weighted by atomic mass is 79.9. The molecule has 2 rings (SSSR count). The predicted octanol–water partition coefficient (Wildman–Crippen LogP) is 2.68. The number of hydrogen-bond donors (Lipinski definition) is 2. The van der Waals surface area contributed by atoms with E-state index >= 15 is 0 Å². The standard InChI is InChI=1S/C15H11BrFN3O2/c16-11-2-1-3-13(8-11)19-14(21)15(22)20-18-9-10-4-6-12(17)7-5-10/h1-9H,(H,19,21)(H,20,22)/b18-9-. The zero-order valence-electron chi connectivity index (χ0n) is 11.2. The van der Waals surface area contributed by atoms with Crippen molar-refractivity contribution in [3.63, 3.8) is 0 Å². The molecule has 0 radical (unpaired) electrons. The van der Waals surface area contributed by atoms with Crippen molar-refractivity contribution in [1.82, 2.24) is 5.43 Å². The van der Waals surface area contributed by atoms with Gasteiger partial charge in [0, 0.05) is 10.2 Å². The minimum absolute atomic E-state index is 0.366. The first-order valence-electron chi connectivity index (χ1n) is 6.20. The van der Waals surface area contributed by atoms with Crippen LogP contribution in [-0.4, -0.2) is 18.0 Å².